The minimum atomic E-state index is -0.321. The molecule has 1 aromatic carbocycles. The second kappa shape index (κ2) is 26.2. The first-order chi connectivity index (χ1) is 22.3. The number of carbonyl (C=O) groups is 3. The molecule has 0 bridgehead atoms. The number of esters is 2. The summed E-state index contributed by atoms with van der Waals surface area (Å²) in [6.45, 7) is 17.1. The van der Waals surface area contributed by atoms with E-state index in [1.165, 1.54) is 11.1 Å². The van der Waals surface area contributed by atoms with E-state index in [9.17, 15) is 14.4 Å². The molecule has 0 radical (unpaired) electrons. The summed E-state index contributed by atoms with van der Waals surface area (Å²) in [5.41, 5.74) is 2.52. The maximum atomic E-state index is 12.3. The van der Waals surface area contributed by atoms with E-state index in [1.54, 1.807) is 13.8 Å². The Morgan fingerprint density at radius 2 is 1.33 bits per heavy atom. The van der Waals surface area contributed by atoms with Gasteiger partial charge in [-0.25, -0.2) is 0 Å². The van der Waals surface area contributed by atoms with Crippen molar-refractivity contribution in [3.63, 3.8) is 0 Å². The highest BCUT2D eigenvalue weighted by Crippen LogP contribution is 2.16. The van der Waals surface area contributed by atoms with E-state index < -0.39 is 0 Å². The Morgan fingerprint density at radius 3 is 1.83 bits per heavy atom. The van der Waals surface area contributed by atoms with E-state index in [4.69, 9.17) is 15.9 Å². The third-order valence-corrected chi connectivity index (χ3v) is 8.05. The molecule has 1 unspecified atom stereocenters. The highest BCUT2D eigenvalue weighted by atomic mass is 16.5. The monoisotopic (exact) mass is 642 g/mol. The van der Waals surface area contributed by atoms with E-state index in [0.29, 0.717) is 45.2 Å². The largest absolute Gasteiger partial charge is 0.465 e. The van der Waals surface area contributed by atoms with Gasteiger partial charge in [0.1, 0.15) is 0 Å². The van der Waals surface area contributed by atoms with Gasteiger partial charge in [-0.15, -0.1) is 12.3 Å². The van der Waals surface area contributed by atoms with Crippen LogP contribution in [0.1, 0.15) is 90.7 Å². The quantitative estimate of drug-likeness (QED) is 0.109. The number of nitrogens with one attached hydrogen (secondary N) is 1. The molecule has 0 fully saturated rings. The number of hydrogen-bond donors (Lipinski definition) is 1. The van der Waals surface area contributed by atoms with Crippen LogP contribution >= 0.6 is 0 Å². The lowest BCUT2D eigenvalue weighted by Crippen LogP contribution is -2.46. The molecule has 9 nitrogen and oxygen atoms in total. The molecule has 260 valence electrons. The van der Waals surface area contributed by atoms with Gasteiger partial charge in [0.2, 0.25) is 5.91 Å². The molecule has 46 heavy (non-hydrogen) atoms. The molecule has 0 aliphatic rings. The van der Waals surface area contributed by atoms with Crippen molar-refractivity contribution in [1.29, 1.82) is 0 Å². The summed E-state index contributed by atoms with van der Waals surface area (Å²) in [7, 11) is 0. The number of rotatable bonds is 27. The summed E-state index contributed by atoms with van der Waals surface area (Å²) < 4.78 is 10.4. The van der Waals surface area contributed by atoms with E-state index >= 15 is 0 Å². The lowest BCUT2D eigenvalue weighted by atomic mass is 10.0. The summed E-state index contributed by atoms with van der Waals surface area (Å²) >= 11 is 0. The van der Waals surface area contributed by atoms with Crippen molar-refractivity contribution in [3.8, 4) is 12.3 Å². The fourth-order valence-electron chi connectivity index (χ4n) is 5.66. The van der Waals surface area contributed by atoms with Crippen LogP contribution in [-0.2, 0) is 36.7 Å². The van der Waals surface area contributed by atoms with Crippen molar-refractivity contribution in [2.45, 2.75) is 98.4 Å². The maximum absolute atomic E-state index is 12.3. The standard InChI is InChI=1S/C37H62N4O5/c1-7-13-17-35(42)38-23-22-33-20-18-32(19-21-33)15-14-16-34(10-4)41(28-26-39(24-8-2)25-9-3)29-27-40(30-36(43)45-11-5)31-37(44)46-12-6/h1,18-21,34H,8-17,22-31H2,2-6H3,(H,38,42). The first-order valence-electron chi connectivity index (χ1n) is 17.6. The number of carbonyl (C=O) groups excluding carboxylic acids is 3. The van der Waals surface area contributed by atoms with Gasteiger partial charge in [0, 0.05) is 51.6 Å². The normalized spacial score (nSPS) is 11.9. The number of nitrogens with zero attached hydrogens (tertiary/aromatic N) is 3. The molecule has 0 saturated heterocycles. The fraction of sp³-hybridized carbons (Fsp3) is 0.703. The Morgan fingerprint density at radius 1 is 0.783 bits per heavy atom. The van der Waals surface area contributed by atoms with Crippen LogP contribution < -0.4 is 5.32 Å². The number of hydrogen-bond acceptors (Lipinski definition) is 8. The molecule has 1 atom stereocenters. The molecule has 0 aliphatic heterocycles. The molecule has 1 aromatic rings. The maximum Gasteiger partial charge on any atom is 0.320 e. The van der Waals surface area contributed by atoms with Crippen LogP contribution in [0.2, 0.25) is 0 Å². The Labute approximate surface area is 279 Å². The van der Waals surface area contributed by atoms with Crippen molar-refractivity contribution < 1.29 is 23.9 Å². The molecule has 0 saturated carbocycles. The highest BCUT2D eigenvalue weighted by Gasteiger charge is 2.22. The van der Waals surface area contributed by atoms with Crippen LogP contribution in [0.15, 0.2) is 24.3 Å². The summed E-state index contributed by atoms with van der Waals surface area (Å²) in [4.78, 5) is 43.4. The number of aryl methyl sites for hydroxylation is 1. The smallest absolute Gasteiger partial charge is 0.320 e. The minimum Gasteiger partial charge on any atom is -0.465 e. The first-order valence-corrected chi connectivity index (χ1v) is 17.6. The van der Waals surface area contributed by atoms with Gasteiger partial charge in [0.25, 0.3) is 0 Å². The van der Waals surface area contributed by atoms with E-state index in [1.807, 2.05) is 4.90 Å². The molecule has 0 aromatic heterocycles. The SMILES string of the molecule is C#CCCC(=O)NCCc1ccc(CCCC(CC)N(CCN(CCC)CCC)CCN(CC(=O)OCC)CC(=O)OCC)cc1. The molecule has 0 spiro atoms. The summed E-state index contributed by atoms with van der Waals surface area (Å²) in [6.07, 6.45) is 13.3. The Balaban J connectivity index is 2.85. The van der Waals surface area contributed by atoms with Gasteiger partial charge in [0.15, 0.2) is 0 Å². The van der Waals surface area contributed by atoms with Crippen LogP contribution in [0.4, 0.5) is 0 Å². The van der Waals surface area contributed by atoms with Gasteiger partial charge in [-0.2, -0.15) is 0 Å². The van der Waals surface area contributed by atoms with E-state index in [0.717, 1.165) is 77.7 Å². The van der Waals surface area contributed by atoms with Crippen LogP contribution in [0.5, 0.6) is 0 Å². The predicted molar refractivity (Wildman–Crippen MR) is 187 cm³/mol. The lowest BCUT2D eigenvalue weighted by Gasteiger charge is -2.35. The van der Waals surface area contributed by atoms with Crippen molar-refractivity contribution >= 4 is 17.8 Å². The molecule has 1 N–H and O–H groups in total. The summed E-state index contributed by atoms with van der Waals surface area (Å²) in [6, 6.07) is 9.11. The molecule has 0 heterocycles. The lowest BCUT2D eigenvalue weighted by molar-refractivity contribution is -0.148. The Bertz CT molecular complexity index is 984. The fourth-order valence-corrected chi connectivity index (χ4v) is 5.66. The predicted octanol–water partition coefficient (Wildman–Crippen LogP) is 4.71. The van der Waals surface area contributed by atoms with E-state index in [2.05, 4.69) is 66.1 Å². The molecule has 1 rings (SSSR count). The second-order valence-electron chi connectivity index (χ2n) is 11.8. The minimum absolute atomic E-state index is 0.00299. The van der Waals surface area contributed by atoms with Crippen molar-refractivity contribution in [3.05, 3.63) is 35.4 Å². The van der Waals surface area contributed by atoms with Gasteiger partial charge in [0.05, 0.1) is 26.3 Å². The van der Waals surface area contributed by atoms with E-state index in [-0.39, 0.29) is 30.9 Å². The topological polar surface area (TPSA) is 91.4 Å². The first kappa shape index (κ1) is 41.1. The summed E-state index contributed by atoms with van der Waals surface area (Å²) in [5, 5.41) is 2.93. The van der Waals surface area contributed by atoms with Gasteiger partial charge >= 0.3 is 11.9 Å². The van der Waals surface area contributed by atoms with Crippen LogP contribution in [-0.4, -0.2) is 111 Å². The second-order valence-corrected chi connectivity index (χ2v) is 11.8. The zero-order chi connectivity index (χ0) is 34.0. The average Bonchev–Trinajstić information content (AvgIpc) is 3.03. The highest BCUT2D eigenvalue weighted by molar-refractivity contribution is 5.76. The molecule has 1 amide bonds. The molecule has 9 heteroatoms. The van der Waals surface area contributed by atoms with Gasteiger partial charge < -0.3 is 19.7 Å². The number of ether oxygens (including phenoxy) is 2. The number of terminal acetylenes is 1. The average molecular weight is 643 g/mol. The van der Waals surface area contributed by atoms with Crippen molar-refractivity contribution in [1.82, 2.24) is 20.0 Å². The summed E-state index contributed by atoms with van der Waals surface area (Å²) in [5.74, 6) is 1.86. The van der Waals surface area contributed by atoms with Crippen LogP contribution in [0.25, 0.3) is 0 Å². The third kappa shape index (κ3) is 18.9. The molecule has 0 aliphatic carbocycles. The zero-order valence-corrected chi connectivity index (χ0v) is 29.5. The zero-order valence-electron chi connectivity index (χ0n) is 29.5. The Kier molecular flexibility index (Phi) is 23.4. The Hall–Kier alpha value is -2.93. The van der Waals surface area contributed by atoms with Gasteiger partial charge in [-0.1, -0.05) is 45.0 Å². The van der Waals surface area contributed by atoms with Gasteiger partial charge in [-0.3, -0.25) is 24.2 Å². The van der Waals surface area contributed by atoms with Crippen LogP contribution in [0, 0.1) is 12.3 Å². The van der Waals surface area contributed by atoms with Crippen molar-refractivity contribution in [2.24, 2.45) is 0 Å². The van der Waals surface area contributed by atoms with Gasteiger partial charge in [-0.05, 0) is 83.0 Å². The number of amides is 1. The third-order valence-electron chi connectivity index (χ3n) is 8.05. The van der Waals surface area contributed by atoms with Crippen molar-refractivity contribution in [2.75, 3.05) is 72.1 Å². The molecular weight excluding hydrogens is 580 g/mol. The van der Waals surface area contributed by atoms with Crippen LogP contribution in [0.3, 0.4) is 0 Å². The number of benzene rings is 1. The molecular formula is C37H62N4O5.